The van der Waals surface area contributed by atoms with Gasteiger partial charge in [-0.15, -0.1) is 11.3 Å². The zero-order valence-electron chi connectivity index (χ0n) is 16.4. The number of amides is 1. The Morgan fingerprint density at radius 2 is 2.11 bits per heavy atom. The Hall–Kier alpha value is -2.32. The minimum absolute atomic E-state index is 0.0682. The average molecular weight is 418 g/mol. The van der Waals surface area contributed by atoms with Crippen molar-refractivity contribution in [2.45, 2.75) is 25.9 Å². The minimum Gasteiger partial charge on any atom is -0.492 e. The van der Waals surface area contributed by atoms with Crippen molar-refractivity contribution in [1.82, 2.24) is 14.9 Å². The zero-order valence-corrected chi connectivity index (χ0v) is 18.0. The molecular formula is C20H23N3O3S2. The number of aryl methyl sites for hydroxylation is 3. The highest BCUT2D eigenvalue weighted by Crippen LogP contribution is 2.27. The molecule has 1 aromatic carbocycles. The number of carbonyl (C=O) groups is 1. The van der Waals surface area contributed by atoms with Gasteiger partial charge in [-0.2, -0.15) is 0 Å². The van der Waals surface area contributed by atoms with Gasteiger partial charge in [0.05, 0.1) is 17.7 Å². The van der Waals surface area contributed by atoms with Crippen LogP contribution in [0.5, 0.6) is 5.75 Å². The molecule has 2 heterocycles. The number of ether oxygens (including phenoxy) is 1. The normalized spacial score (nSPS) is 11.0. The molecule has 0 aliphatic rings. The van der Waals surface area contributed by atoms with Gasteiger partial charge >= 0.3 is 0 Å². The molecule has 0 unspecified atom stereocenters. The highest BCUT2D eigenvalue weighted by atomic mass is 32.2. The number of nitrogens with one attached hydrogen (secondary N) is 1. The van der Waals surface area contributed by atoms with E-state index in [0.29, 0.717) is 23.7 Å². The number of rotatable bonds is 7. The lowest BCUT2D eigenvalue weighted by Gasteiger charge is -2.09. The zero-order chi connectivity index (χ0) is 20.3. The molecule has 1 amide bonds. The summed E-state index contributed by atoms with van der Waals surface area (Å²) < 4.78 is 7.13. The van der Waals surface area contributed by atoms with Crippen molar-refractivity contribution < 1.29 is 9.53 Å². The maximum Gasteiger partial charge on any atom is 0.262 e. The van der Waals surface area contributed by atoms with Crippen molar-refractivity contribution in [2.75, 3.05) is 18.9 Å². The predicted molar refractivity (Wildman–Crippen MR) is 115 cm³/mol. The van der Waals surface area contributed by atoms with Crippen LogP contribution in [0.4, 0.5) is 0 Å². The Bertz CT molecular complexity index is 1070. The summed E-state index contributed by atoms with van der Waals surface area (Å²) in [5.41, 5.74) is 2.04. The van der Waals surface area contributed by atoms with Gasteiger partial charge in [-0.05, 0) is 44.0 Å². The number of hydrogen-bond acceptors (Lipinski definition) is 6. The van der Waals surface area contributed by atoms with E-state index in [1.165, 1.54) is 27.7 Å². The molecule has 0 fully saturated rings. The van der Waals surface area contributed by atoms with Crippen LogP contribution in [0.1, 0.15) is 16.0 Å². The molecule has 0 saturated heterocycles. The molecule has 0 spiro atoms. The van der Waals surface area contributed by atoms with Crippen molar-refractivity contribution in [2.24, 2.45) is 7.05 Å². The van der Waals surface area contributed by atoms with Crippen LogP contribution in [0.15, 0.2) is 34.2 Å². The van der Waals surface area contributed by atoms with Crippen LogP contribution in [0.3, 0.4) is 0 Å². The standard InChI is InChI=1S/C20H23N3O3S2/c1-12-6-5-7-15(10-12)26-9-8-21-16(24)11-27-20-22-18-17(19(25)23(20)4)13(2)14(3)28-18/h5-7,10H,8-9,11H2,1-4H3,(H,21,24). The number of carbonyl (C=O) groups excluding carboxylic acids is 1. The first-order valence-electron chi connectivity index (χ1n) is 8.92. The van der Waals surface area contributed by atoms with Crippen LogP contribution >= 0.6 is 23.1 Å². The summed E-state index contributed by atoms with van der Waals surface area (Å²) in [4.78, 5) is 31.1. The molecule has 0 aliphatic heterocycles. The van der Waals surface area contributed by atoms with Crippen molar-refractivity contribution in [3.63, 3.8) is 0 Å². The number of benzene rings is 1. The highest BCUT2D eigenvalue weighted by molar-refractivity contribution is 7.99. The van der Waals surface area contributed by atoms with Crippen molar-refractivity contribution in [3.05, 3.63) is 50.6 Å². The van der Waals surface area contributed by atoms with Gasteiger partial charge in [0.2, 0.25) is 5.91 Å². The Morgan fingerprint density at radius 3 is 2.86 bits per heavy atom. The van der Waals surface area contributed by atoms with E-state index in [1.54, 1.807) is 7.05 Å². The summed E-state index contributed by atoms with van der Waals surface area (Å²) in [6.07, 6.45) is 0. The van der Waals surface area contributed by atoms with Crippen molar-refractivity contribution in [3.8, 4) is 5.75 Å². The van der Waals surface area contributed by atoms with E-state index in [2.05, 4.69) is 10.3 Å². The lowest BCUT2D eigenvalue weighted by atomic mass is 10.2. The minimum atomic E-state index is -0.120. The van der Waals surface area contributed by atoms with Crippen LogP contribution < -0.4 is 15.6 Å². The first-order valence-corrected chi connectivity index (χ1v) is 10.7. The van der Waals surface area contributed by atoms with Crippen LogP contribution in [0.25, 0.3) is 10.2 Å². The van der Waals surface area contributed by atoms with Crippen LogP contribution in [-0.2, 0) is 11.8 Å². The molecule has 3 rings (SSSR count). The van der Waals surface area contributed by atoms with Gasteiger partial charge in [-0.1, -0.05) is 23.9 Å². The van der Waals surface area contributed by atoms with Crippen LogP contribution in [0.2, 0.25) is 0 Å². The largest absolute Gasteiger partial charge is 0.492 e. The van der Waals surface area contributed by atoms with E-state index in [4.69, 9.17) is 4.74 Å². The number of thiophene rings is 1. The topological polar surface area (TPSA) is 73.2 Å². The Balaban J connectivity index is 1.53. The second kappa shape index (κ2) is 8.79. The second-order valence-corrected chi connectivity index (χ2v) is 8.67. The summed E-state index contributed by atoms with van der Waals surface area (Å²) in [6.45, 7) is 6.75. The molecule has 0 bridgehead atoms. The number of thioether (sulfide) groups is 1. The summed E-state index contributed by atoms with van der Waals surface area (Å²) in [7, 11) is 1.69. The fourth-order valence-electron chi connectivity index (χ4n) is 2.73. The monoisotopic (exact) mass is 417 g/mol. The van der Waals surface area contributed by atoms with Crippen LogP contribution in [0, 0.1) is 20.8 Å². The molecule has 1 N–H and O–H groups in total. The van der Waals surface area contributed by atoms with Gasteiger partial charge < -0.3 is 10.1 Å². The van der Waals surface area contributed by atoms with Gasteiger partial charge in [0.25, 0.3) is 5.56 Å². The average Bonchev–Trinajstić information content (AvgIpc) is 2.94. The van der Waals surface area contributed by atoms with Gasteiger partial charge in [-0.3, -0.25) is 14.2 Å². The first-order chi connectivity index (χ1) is 13.4. The molecule has 0 atom stereocenters. The van der Waals surface area contributed by atoms with E-state index in [0.717, 1.165) is 26.6 Å². The number of hydrogen-bond donors (Lipinski definition) is 1. The van der Waals surface area contributed by atoms with E-state index in [9.17, 15) is 9.59 Å². The Morgan fingerprint density at radius 1 is 1.32 bits per heavy atom. The molecule has 2 aromatic heterocycles. The van der Waals surface area contributed by atoms with Crippen molar-refractivity contribution >= 4 is 39.2 Å². The molecular weight excluding hydrogens is 394 g/mol. The van der Waals surface area contributed by atoms with Gasteiger partial charge in [0.15, 0.2) is 5.16 Å². The molecule has 28 heavy (non-hydrogen) atoms. The second-order valence-electron chi connectivity index (χ2n) is 6.53. The van der Waals surface area contributed by atoms with Crippen LogP contribution in [-0.4, -0.2) is 34.4 Å². The molecule has 0 radical (unpaired) electrons. The summed E-state index contributed by atoms with van der Waals surface area (Å²) in [5.74, 6) is 0.864. The SMILES string of the molecule is Cc1cccc(OCCNC(=O)CSc2nc3sc(C)c(C)c3c(=O)n2C)c1. The van der Waals surface area contributed by atoms with E-state index in [-0.39, 0.29) is 17.2 Å². The molecule has 148 valence electrons. The molecule has 8 heteroatoms. The number of fused-ring (bicyclic) bond motifs is 1. The number of aromatic nitrogens is 2. The fourth-order valence-corrected chi connectivity index (χ4v) is 4.60. The van der Waals surface area contributed by atoms with E-state index < -0.39 is 0 Å². The predicted octanol–water partition coefficient (Wildman–Crippen LogP) is 3.21. The summed E-state index contributed by atoms with van der Waals surface area (Å²) in [5, 5.41) is 4.04. The third kappa shape index (κ3) is 4.56. The molecule has 3 aromatic rings. The summed E-state index contributed by atoms with van der Waals surface area (Å²) >= 11 is 2.77. The van der Waals surface area contributed by atoms with Gasteiger partial charge in [-0.25, -0.2) is 4.98 Å². The molecule has 0 aliphatic carbocycles. The third-order valence-corrected chi connectivity index (χ3v) is 6.52. The molecule has 0 saturated carbocycles. The molecule has 6 nitrogen and oxygen atoms in total. The lowest BCUT2D eigenvalue weighted by molar-refractivity contribution is -0.118. The maximum atomic E-state index is 12.6. The smallest absolute Gasteiger partial charge is 0.262 e. The fraction of sp³-hybridized carbons (Fsp3) is 0.350. The van der Waals surface area contributed by atoms with E-state index in [1.807, 2.05) is 45.0 Å². The Kier molecular flexibility index (Phi) is 6.41. The Labute approximate surface area is 171 Å². The maximum absolute atomic E-state index is 12.6. The summed E-state index contributed by atoms with van der Waals surface area (Å²) in [6, 6.07) is 7.78. The third-order valence-electron chi connectivity index (χ3n) is 4.38. The number of nitrogens with zero attached hydrogens (tertiary/aromatic N) is 2. The van der Waals surface area contributed by atoms with Crippen molar-refractivity contribution in [1.29, 1.82) is 0 Å². The van der Waals surface area contributed by atoms with E-state index >= 15 is 0 Å². The lowest BCUT2D eigenvalue weighted by Crippen LogP contribution is -2.30. The highest BCUT2D eigenvalue weighted by Gasteiger charge is 2.15. The quantitative estimate of drug-likeness (QED) is 0.363. The van der Waals surface area contributed by atoms with Gasteiger partial charge in [0, 0.05) is 11.9 Å². The van der Waals surface area contributed by atoms with Gasteiger partial charge in [0.1, 0.15) is 17.2 Å². The first kappa shape index (κ1) is 20.4.